The predicted octanol–water partition coefficient (Wildman–Crippen LogP) is 2.09. The van der Waals surface area contributed by atoms with Gasteiger partial charge in [0, 0.05) is 0 Å². The average molecular weight is 201 g/mol. The van der Waals surface area contributed by atoms with Crippen LogP contribution >= 0.6 is 11.6 Å². The molecule has 1 rings (SSSR count). The fourth-order valence-corrected chi connectivity index (χ4v) is 1.23. The molecule has 0 aromatic heterocycles. The van der Waals surface area contributed by atoms with E-state index in [1.165, 1.54) is 12.1 Å². The summed E-state index contributed by atoms with van der Waals surface area (Å²) in [6.07, 6.45) is -0.639. The van der Waals surface area contributed by atoms with Gasteiger partial charge in [0.1, 0.15) is 0 Å². The number of aliphatic hydroxyl groups excluding tert-OH is 1. The molecule has 2 N–H and O–H groups in total. The van der Waals surface area contributed by atoms with E-state index in [0.717, 1.165) is 0 Å². The number of carboxylic acid groups (broad SMARTS) is 1. The van der Waals surface area contributed by atoms with Crippen LogP contribution in [0.5, 0.6) is 0 Å². The van der Waals surface area contributed by atoms with Crippen LogP contribution in [0.4, 0.5) is 0 Å². The topological polar surface area (TPSA) is 57.5 Å². The fraction of sp³-hybridized carbons (Fsp3) is 0.222. The number of carbonyl (C=O) groups is 1. The standard InChI is InChI=1S/C9H9ClO3/c1-5(11)6-2-3-7(9(12)13)8(10)4-6/h2-5,11H,1H3,(H,12,13). The molecule has 0 aliphatic rings. The molecule has 0 saturated carbocycles. The Bertz CT molecular complexity index is 334. The molecule has 0 bridgehead atoms. The molecule has 1 aromatic rings. The smallest absolute Gasteiger partial charge is 0.337 e. The Morgan fingerprint density at radius 2 is 2.15 bits per heavy atom. The molecular formula is C9H9ClO3. The summed E-state index contributed by atoms with van der Waals surface area (Å²) in [7, 11) is 0. The van der Waals surface area contributed by atoms with E-state index in [9.17, 15) is 9.90 Å². The summed E-state index contributed by atoms with van der Waals surface area (Å²) in [5, 5.41) is 18.0. The lowest BCUT2D eigenvalue weighted by molar-refractivity contribution is 0.0697. The molecule has 0 heterocycles. The zero-order valence-electron chi connectivity index (χ0n) is 6.99. The van der Waals surface area contributed by atoms with Crippen molar-refractivity contribution < 1.29 is 15.0 Å². The summed E-state index contributed by atoms with van der Waals surface area (Å²) >= 11 is 5.68. The van der Waals surface area contributed by atoms with Crippen molar-refractivity contribution in [3.05, 3.63) is 34.3 Å². The predicted molar refractivity (Wildman–Crippen MR) is 49.0 cm³/mol. The second kappa shape index (κ2) is 3.77. The molecule has 1 atom stereocenters. The summed E-state index contributed by atoms with van der Waals surface area (Å²) in [5.74, 6) is -1.07. The van der Waals surface area contributed by atoms with E-state index in [1.54, 1.807) is 13.0 Å². The molecule has 0 spiro atoms. The third kappa shape index (κ3) is 2.20. The Balaban J connectivity index is 3.13. The second-order valence-corrected chi connectivity index (χ2v) is 3.13. The van der Waals surface area contributed by atoms with Gasteiger partial charge in [-0.15, -0.1) is 0 Å². The van der Waals surface area contributed by atoms with Gasteiger partial charge in [-0.1, -0.05) is 17.7 Å². The van der Waals surface area contributed by atoms with Crippen LogP contribution in [-0.4, -0.2) is 16.2 Å². The van der Waals surface area contributed by atoms with Crippen molar-refractivity contribution in [1.29, 1.82) is 0 Å². The van der Waals surface area contributed by atoms with Crippen molar-refractivity contribution in [2.75, 3.05) is 0 Å². The van der Waals surface area contributed by atoms with Crippen LogP contribution in [0.15, 0.2) is 18.2 Å². The normalized spacial score (nSPS) is 12.5. The lowest BCUT2D eigenvalue weighted by atomic mass is 10.1. The molecule has 70 valence electrons. The van der Waals surface area contributed by atoms with Crippen LogP contribution in [0.25, 0.3) is 0 Å². The highest BCUT2D eigenvalue weighted by atomic mass is 35.5. The van der Waals surface area contributed by atoms with Crippen LogP contribution in [-0.2, 0) is 0 Å². The Kier molecular flexibility index (Phi) is 2.90. The highest BCUT2D eigenvalue weighted by Crippen LogP contribution is 2.21. The summed E-state index contributed by atoms with van der Waals surface area (Å²) in [5.41, 5.74) is 0.654. The summed E-state index contributed by atoms with van der Waals surface area (Å²) in [4.78, 5) is 10.6. The average Bonchev–Trinajstić information content (AvgIpc) is 2.03. The third-order valence-electron chi connectivity index (χ3n) is 1.71. The molecule has 4 heteroatoms. The maximum absolute atomic E-state index is 10.6. The first kappa shape index (κ1) is 10.0. The lowest BCUT2D eigenvalue weighted by Gasteiger charge is -2.05. The summed E-state index contributed by atoms with van der Waals surface area (Å²) in [6.45, 7) is 1.59. The molecule has 0 amide bonds. The van der Waals surface area contributed by atoms with Gasteiger partial charge < -0.3 is 10.2 Å². The monoisotopic (exact) mass is 200 g/mol. The van der Waals surface area contributed by atoms with Crippen LogP contribution < -0.4 is 0 Å². The van der Waals surface area contributed by atoms with Crippen molar-refractivity contribution in [2.45, 2.75) is 13.0 Å². The second-order valence-electron chi connectivity index (χ2n) is 2.72. The number of aromatic carboxylic acids is 1. The van der Waals surface area contributed by atoms with Gasteiger partial charge in [-0.25, -0.2) is 4.79 Å². The quantitative estimate of drug-likeness (QED) is 0.769. The molecule has 1 aromatic carbocycles. The highest BCUT2D eigenvalue weighted by molar-refractivity contribution is 6.33. The molecule has 0 fully saturated rings. The number of aliphatic hydroxyl groups is 1. The molecule has 3 nitrogen and oxygen atoms in total. The summed E-state index contributed by atoms with van der Waals surface area (Å²) in [6, 6.07) is 4.38. The molecule has 0 saturated heterocycles. The van der Waals surface area contributed by atoms with Gasteiger partial charge in [0.15, 0.2) is 0 Å². The highest BCUT2D eigenvalue weighted by Gasteiger charge is 2.10. The minimum atomic E-state index is -1.07. The molecule has 0 aliphatic heterocycles. The fourth-order valence-electron chi connectivity index (χ4n) is 0.965. The van der Waals surface area contributed by atoms with Crippen LogP contribution in [0.3, 0.4) is 0 Å². The zero-order valence-corrected chi connectivity index (χ0v) is 7.75. The number of halogens is 1. The van der Waals surface area contributed by atoms with Gasteiger partial charge in [0.2, 0.25) is 0 Å². The minimum absolute atomic E-state index is 0.0473. The molecule has 0 radical (unpaired) electrons. The first-order valence-electron chi connectivity index (χ1n) is 3.73. The van der Waals surface area contributed by atoms with Crippen LogP contribution in [0.1, 0.15) is 28.9 Å². The van der Waals surface area contributed by atoms with E-state index in [-0.39, 0.29) is 10.6 Å². The van der Waals surface area contributed by atoms with Gasteiger partial charge in [-0.3, -0.25) is 0 Å². The molecule has 1 unspecified atom stereocenters. The van der Waals surface area contributed by atoms with Crippen molar-refractivity contribution in [3.63, 3.8) is 0 Å². The van der Waals surface area contributed by atoms with Gasteiger partial charge in [-0.2, -0.15) is 0 Å². The number of hydrogen-bond acceptors (Lipinski definition) is 2. The number of benzene rings is 1. The van der Waals surface area contributed by atoms with Crippen molar-refractivity contribution in [2.24, 2.45) is 0 Å². The number of hydrogen-bond donors (Lipinski definition) is 2. The number of rotatable bonds is 2. The first-order chi connectivity index (χ1) is 6.02. The van der Waals surface area contributed by atoms with Crippen molar-refractivity contribution >= 4 is 17.6 Å². The Morgan fingerprint density at radius 3 is 2.54 bits per heavy atom. The summed E-state index contributed by atoms with van der Waals surface area (Å²) < 4.78 is 0. The van der Waals surface area contributed by atoms with E-state index < -0.39 is 12.1 Å². The Hall–Kier alpha value is -1.06. The molecular weight excluding hydrogens is 192 g/mol. The van der Waals surface area contributed by atoms with E-state index >= 15 is 0 Å². The maximum Gasteiger partial charge on any atom is 0.337 e. The van der Waals surface area contributed by atoms with Gasteiger partial charge in [0.25, 0.3) is 0 Å². The SMILES string of the molecule is CC(O)c1ccc(C(=O)O)c(Cl)c1. The Labute approximate surface area is 80.6 Å². The number of carboxylic acids is 1. The van der Waals surface area contributed by atoms with Crippen LogP contribution in [0.2, 0.25) is 5.02 Å². The minimum Gasteiger partial charge on any atom is -0.478 e. The molecule has 13 heavy (non-hydrogen) atoms. The van der Waals surface area contributed by atoms with Gasteiger partial charge in [-0.05, 0) is 24.6 Å². The van der Waals surface area contributed by atoms with E-state index in [4.69, 9.17) is 16.7 Å². The van der Waals surface area contributed by atoms with E-state index in [0.29, 0.717) is 5.56 Å². The Morgan fingerprint density at radius 1 is 1.54 bits per heavy atom. The maximum atomic E-state index is 10.6. The largest absolute Gasteiger partial charge is 0.478 e. The van der Waals surface area contributed by atoms with E-state index in [2.05, 4.69) is 0 Å². The van der Waals surface area contributed by atoms with Gasteiger partial charge in [0.05, 0.1) is 16.7 Å². The van der Waals surface area contributed by atoms with Gasteiger partial charge >= 0.3 is 5.97 Å². The van der Waals surface area contributed by atoms with Crippen molar-refractivity contribution in [3.8, 4) is 0 Å². The molecule has 0 aliphatic carbocycles. The first-order valence-corrected chi connectivity index (χ1v) is 4.11. The van der Waals surface area contributed by atoms with E-state index in [1.807, 2.05) is 0 Å². The van der Waals surface area contributed by atoms with Crippen molar-refractivity contribution in [1.82, 2.24) is 0 Å². The zero-order chi connectivity index (χ0) is 10.0. The van der Waals surface area contributed by atoms with Crippen LogP contribution in [0, 0.1) is 0 Å². The third-order valence-corrected chi connectivity index (χ3v) is 2.02. The lowest BCUT2D eigenvalue weighted by Crippen LogP contribution is -1.99.